The van der Waals surface area contributed by atoms with Gasteiger partial charge in [-0.25, -0.2) is 4.79 Å². The second-order valence-electron chi connectivity index (χ2n) is 20.0. The van der Waals surface area contributed by atoms with E-state index in [4.69, 9.17) is 34.7 Å². The molecule has 2 heterocycles. The van der Waals surface area contributed by atoms with E-state index in [1.807, 2.05) is 25.1 Å². The number of carbonyl (C=O) groups is 2. The fraction of sp³-hybridized carbons (Fsp3) is 0.424. The van der Waals surface area contributed by atoms with Crippen LogP contribution in [-0.2, 0) is 16.0 Å². The summed E-state index contributed by atoms with van der Waals surface area (Å²) in [5.74, 6) is 0.352. The van der Waals surface area contributed by atoms with E-state index in [0.717, 1.165) is 61.8 Å². The zero-order valence-electron chi connectivity index (χ0n) is 41.2. The highest BCUT2D eigenvalue weighted by atomic mass is 32.1. The number of unbranched alkanes of at least 4 members (excludes halogenated alkanes) is 10. The lowest BCUT2D eigenvalue weighted by molar-refractivity contribution is -0.127. The Morgan fingerprint density at radius 2 is 1.33 bits per heavy atom. The Balaban J connectivity index is 1.43. The number of esters is 1. The molecule has 0 saturated carbocycles. The molecule has 1 aromatic heterocycles. The third-order valence-electron chi connectivity index (χ3n) is 11.9. The van der Waals surface area contributed by atoms with Crippen LogP contribution < -0.4 is 19.9 Å². The molecular formula is C59H74O4S3. The monoisotopic (exact) mass is 942 g/mol. The maximum Gasteiger partial charge on any atom is 0.344 e. The van der Waals surface area contributed by atoms with E-state index < -0.39 is 5.97 Å². The summed E-state index contributed by atoms with van der Waals surface area (Å²) in [6.45, 7) is 20.2. The van der Waals surface area contributed by atoms with Crippen LogP contribution in [0, 0.1) is 10.8 Å². The van der Waals surface area contributed by atoms with Gasteiger partial charge in [0.15, 0.2) is 0 Å². The van der Waals surface area contributed by atoms with Crippen LogP contribution in [0.4, 0.5) is 0 Å². The number of rotatable bonds is 23. The third-order valence-corrected chi connectivity index (χ3v) is 14.0. The fourth-order valence-electron chi connectivity index (χ4n) is 8.35. The molecule has 0 unspecified atom stereocenters. The zero-order chi connectivity index (χ0) is 47.9. The first-order valence-electron chi connectivity index (χ1n) is 24.3. The smallest absolute Gasteiger partial charge is 0.344 e. The average Bonchev–Trinajstić information content (AvgIpc) is 3.84. The molecule has 4 nitrogen and oxygen atoms in total. The lowest BCUT2D eigenvalue weighted by Crippen LogP contribution is -2.16. The van der Waals surface area contributed by atoms with Crippen LogP contribution in [0.15, 0.2) is 103 Å². The number of ether oxygens (including phenoxy) is 2. The van der Waals surface area contributed by atoms with Crippen molar-refractivity contribution in [1.82, 2.24) is 0 Å². The number of aryl methyl sites for hydroxylation is 1. The van der Waals surface area contributed by atoms with E-state index in [9.17, 15) is 9.59 Å². The Labute approximate surface area is 411 Å². The van der Waals surface area contributed by atoms with Crippen molar-refractivity contribution >= 4 is 70.0 Å². The first kappa shape index (κ1) is 52.7. The summed E-state index contributed by atoms with van der Waals surface area (Å²) >= 11 is 11.7. The van der Waals surface area contributed by atoms with Crippen LogP contribution in [0.25, 0.3) is 31.4 Å². The first-order chi connectivity index (χ1) is 31.5. The molecule has 5 rings (SSSR count). The fourth-order valence-corrected chi connectivity index (χ4v) is 10.2. The van der Waals surface area contributed by atoms with E-state index >= 15 is 0 Å². The molecule has 0 bridgehead atoms. The number of benzene rings is 3. The van der Waals surface area contributed by atoms with E-state index in [-0.39, 0.29) is 10.8 Å². The molecule has 0 radical (unpaired) electrons. The van der Waals surface area contributed by atoms with Gasteiger partial charge in [-0.3, -0.25) is 4.79 Å². The Bertz CT molecular complexity index is 2520. The number of carbonyl (C=O) groups excluding carboxylic acids is 2. The van der Waals surface area contributed by atoms with Crippen LogP contribution in [0.2, 0.25) is 0 Å². The molecule has 0 spiro atoms. The molecule has 1 aliphatic rings. The summed E-state index contributed by atoms with van der Waals surface area (Å²) in [5, 5.41) is 1.26. The molecule has 0 N–H and O–H groups in total. The Morgan fingerprint density at radius 3 is 1.95 bits per heavy atom. The number of hydrogen-bond acceptors (Lipinski definition) is 7. The number of hydrogen-bond donors (Lipinski definition) is 2. The number of thiophene rings is 1. The highest BCUT2D eigenvalue weighted by molar-refractivity contribution is 7.91. The lowest BCUT2D eigenvalue weighted by Gasteiger charge is -2.16. The predicted octanol–water partition coefficient (Wildman–Crippen LogP) is 16.1. The van der Waals surface area contributed by atoms with Crippen molar-refractivity contribution in [3.63, 3.8) is 0 Å². The van der Waals surface area contributed by atoms with Gasteiger partial charge in [-0.05, 0) is 107 Å². The second kappa shape index (κ2) is 25.2. The van der Waals surface area contributed by atoms with Gasteiger partial charge in [-0.2, -0.15) is 0 Å². The third kappa shape index (κ3) is 15.6. The molecule has 7 heteroatoms. The van der Waals surface area contributed by atoms with Gasteiger partial charge in [-0.1, -0.05) is 192 Å². The van der Waals surface area contributed by atoms with Crippen LogP contribution in [0.1, 0.15) is 173 Å². The minimum atomic E-state index is -0.439. The van der Waals surface area contributed by atoms with Crippen molar-refractivity contribution in [2.24, 2.45) is 10.8 Å². The van der Waals surface area contributed by atoms with Crippen LogP contribution >= 0.6 is 36.6 Å². The SMILES string of the molecule is CCCCCCCCC(/C=C(\S)c1ccc(/C(C)=c2\cc3c(cc2OC=O)=C(c2ccc(-c4cc(CCCCCCCC)c(/C(S)=C/C=C/C(C)(C)C)s4)cc2)C(=O)O3)cc1)=C\C(C)(C)C. The van der Waals surface area contributed by atoms with Gasteiger partial charge in [0.25, 0.3) is 6.47 Å². The minimum absolute atomic E-state index is 0.0674. The highest BCUT2D eigenvalue weighted by Crippen LogP contribution is 2.39. The maximum atomic E-state index is 13.6. The topological polar surface area (TPSA) is 52.6 Å². The van der Waals surface area contributed by atoms with E-state index in [2.05, 4.69) is 128 Å². The Kier molecular flexibility index (Phi) is 20.1. The van der Waals surface area contributed by atoms with Gasteiger partial charge in [0.2, 0.25) is 0 Å². The quantitative estimate of drug-likeness (QED) is 0.0194. The summed E-state index contributed by atoms with van der Waals surface area (Å²) in [4.78, 5) is 29.8. The molecule has 66 heavy (non-hydrogen) atoms. The van der Waals surface area contributed by atoms with Gasteiger partial charge in [0.05, 0.1) is 5.57 Å². The predicted molar refractivity (Wildman–Crippen MR) is 290 cm³/mol. The van der Waals surface area contributed by atoms with Crippen molar-refractivity contribution < 1.29 is 19.1 Å². The van der Waals surface area contributed by atoms with Gasteiger partial charge in [0, 0.05) is 30.0 Å². The maximum absolute atomic E-state index is 13.6. The molecule has 3 aromatic carbocycles. The molecule has 352 valence electrons. The van der Waals surface area contributed by atoms with Gasteiger partial charge in [-0.15, -0.1) is 36.6 Å². The van der Waals surface area contributed by atoms with Crippen LogP contribution in [0.5, 0.6) is 11.5 Å². The molecular weight excluding hydrogens is 869 g/mol. The summed E-state index contributed by atoms with van der Waals surface area (Å²) in [6, 6.07) is 22.2. The molecule has 0 saturated heterocycles. The molecule has 1 aliphatic heterocycles. The van der Waals surface area contributed by atoms with Gasteiger partial charge < -0.3 is 9.47 Å². The van der Waals surface area contributed by atoms with Crippen molar-refractivity contribution in [3.05, 3.63) is 140 Å². The minimum Gasteiger partial charge on any atom is -0.428 e. The first-order valence-corrected chi connectivity index (χ1v) is 26.0. The molecule has 4 aromatic rings. The van der Waals surface area contributed by atoms with Crippen LogP contribution in [0.3, 0.4) is 0 Å². The van der Waals surface area contributed by atoms with Crippen molar-refractivity contribution in [2.45, 2.75) is 152 Å². The van der Waals surface area contributed by atoms with Crippen molar-refractivity contribution in [2.75, 3.05) is 0 Å². The summed E-state index contributed by atoms with van der Waals surface area (Å²) in [7, 11) is 0. The Hall–Kier alpha value is -4.30. The number of thiol groups is 2. The summed E-state index contributed by atoms with van der Waals surface area (Å²) in [5.41, 5.74) is 7.89. The van der Waals surface area contributed by atoms with Crippen LogP contribution in [-0.4, -0.2) is 12.4 Å². The second-order valence-corrected chi connectivity index (χ2v) is 22.0. The lowest BCUT2D eigenvalue weighted by atomic mass is 9.91. The molecule has 0 fully saturated rings. The standard InChI is InChI=1S/C59H74O4S3/c1-10-12-14-16-18-20-23-42(39-59(7,8)9)35-53(65)44-28-26-43(27-29-44)41(3)48-37-51-49(38-50(48)62-40-60)55(57(61)63-51)46-32-30-45(31-33-46)54-36-47(24-21-19-17-15-13-11-2)56(66-54)52(64)25-22-34-58(4,5)6/h22,25-40,64-65H,10-21,23-24H2,1-9H3/b34-22+,42-39+,48-41+,52-25-,53-35-. The summed E-state index contributed by atoms with van der Waals surface area (Å²) in [6.07, 6.45) is 28.1. The summed E-state index contributed by atoms with van der Waals surface area (Å²) < 4.78 is 11.5. The highest BCUT2D eigenvalue weighted by Gasteiger charge is 2.26. The van der Waals surface area contributed by atoms with E-state index in [1.54, 1.807) is 17.4 Å². The van der Waals surface area contributed by atoms with Crippen molar-refractivity contribution in [3.8, 4) is 21.9 Å². The van der Waals surface area contributed by atoms with E-state index in [0.29, 0.717) is 34.0 Å². The van der Waals surface area contributed by atoms with Crippen molar-refractivity contribution in [1.29, 1.82) is 0 Å². The zero-order valence-corrected chi connectivity index (χ0v) is 43.8. The Morgan fingerprint density at radius 1 is 0.727 bits per heavy atom. The van der Waals surface area contributed by atoms with Gasteiger partial charge >= 0.3 is 5.97 Å². The average molecular weight is 943 g/mol. The molecule has 0 aliphatic carbocycles. The molecule has 0 atom stereocenters. The number of allylic oxidation sites excluding steroid dienone is 6. The van der Waals surface area contributed by atoms with Gasteiger partial charge in [0.1, 0.15) is 11.5 Å². The largest absolute Gasteiger partial charge is 0.428 e. The number of fused-ring (bicyclic) bond motifs is 1. The normalized spacial score (nSPS) is 14.3. The van der Waals surface area contributed by atoms with E-state index in [1.165, 1.54) is 86.6 Å². The molecule has 0 amide bonds.